The number of hydrogen-bond acceptors (Lipinski definition) is 3. The number of anilines is 1. The summed E-state index contributed by atoms with van der Waals surface area (Å²) in [5, 5.41) is 2.92. The van der Waals surface area contributed by atoms with Crippen LogP contribution in [-0.2, 0) is 6.54 Å². The lowest BCUT2D eigenvalue weighted by Crippen LogP contribution is -2.19. The third kappa shape index (κ3) is 4.01. The van der Waals surface area contributed by atoms with Crippen LogP contribution in [0.25, 0.3) is 0 Å². The Kier molecular flexibility index (Phi) is 5.68. The highest BCUT2D eigenvalue weighted by Crippen LogP contribution is 2.30. The zero-order valence-corrected chi connectivity index (χ0v) is 16.4. The molecule has 28 heavy (non-hydrogen) atoms. The van der Waals surface area contributed by atoms with Crippen LogP contribution < -0.4 is 14.8 Å². The van der Waals surface area contributed by atoms with E-state index in [-0.39, 0.29) is 11.7 Å². The number of benzene rings is 2. The van der Waals surface area contributed by atoms with Crippen LogP contribution in [0.5, 0.6) is 11.5 Å². The number of methoxy groups -OCH3 is 2. The maximum absolute atomic E-state index is 13.2. The molecule has 1 N–H and O–H groups in total. The van der Waals surface area contributed by atoms with Crippen LogP contribution in [-0.4, -0.2) is 24.7 Å². The quantitative estimate of drug-likeness (QED) is 0.680. The van der Waals surface area contributed by atoms with Crippen molar-refractivity contribution >= 4 is 11.6 Å². The van der Waals surface area contributed by atoms with Crippen molar-refractivity contribution in [2.24, 2.45) is 0 Å². The van der Waals surface area contributed by atoms with Gasteiger partial charge in [0.2, 0.25) is 0 Å². The number of rotatable bonds is 6. The molecule has 6 heteroatoms. The third-order valence-corrected chi connectivity index (χ3v) is 4.61. The second kappa shape index (κ2) is 8.17. The Morgan fingerprint density at radius 1 is 1.00 bits per heavy atom. The van der Waals surface area contributed by atoms with Gasteiger partial charge in [-0.05, 0) is 55.3 Å². The van der Waals surface area contributed by atoms with Gasteiger partial charge in [0.25, 0.3) is 5.91 Å². The molecular formula is C22H23FN2O3. The van der Waals surface area contributed by atoms with Crippen LogP contribution in [0.2, 0.25) is 0 Å². The van der Waals surface area contributed by atoms with Crippen molar-refractivity contribution in [1.82, 2.24) is 4.57 Å². The van der Waals surface area contributed by atoms with Crippen molar-refractivity contribution in [2.75, 3.05) is 19.5 Å². The normalized spacial score (nSPS) is 10.6. The van der Waals surface area contributed by atoms with Gasteiger partial charge in [-0.15, -0.1) is 0 Å². The molecule has 0 saturated carbocycles. The summed E-state index contributed by atoms with van der Waals surface area (Å²) in [6.07, 6.45) is 0. The lowest BCUT2D eigenvalue weighted by atomic mass is 10.2. The lowest BCUT2D eigenvalue weighted by Gasteiger charge is -2.14. The molecular weight excluding hydrogens is 359 g/mol. The molecule has 0 aliphatic heterocycles. The van der Waals surface area contributed by atoms with Crippen molar-refractivity contribution in [1.29, 1.82) is 0 Å². The van der Waals surface area contributed by atoms with E-state index in [1.165, 1.54) is 12.1 Å². The second-order valence-electron chi connectivity index (χ2n) is 6.55. The molecule has 0 aliphatic rings. The number of aryl methyl sites for hydroxylation is 2. The number of halogens is 1. The fourth-order valence-electron chi connectivity index (χ4n) is 3.23. The Balaban J connectivity index is 1.88. The molecule has 0 aliphatic carbocycles. The van der Waals surface area contributed by atoms with E-state index in [0.717, 1.165) is 16.8 Å². The summed E-state index contributed by atoms with van der Waals surface area (Å²) in [4.78, 5) is 13.0. The van der Waals surface area contributed by atoms with Gasteiger partial charge in [-0.2, -0.15) is 0 Å². The Hall–Kier alpha value is -3.28. The topological polar surface area (TPSA) is 52.5 Å². The largest absolute Gasteiger partial charge is 0.493 e. The van der Waals surface area contributed by atoms with Crippen molar-refractivity contribution in [2.45, 2.75) is 20.4 Å². The molecule has 2 aromatic carbocycles. The van der Waals surface area contributed by atoms with Crippen molar-refractivity contribution in [3.05, 3.63) is 76.9 Å². The van der Waals surface area contributed by atoms with Crippen LogP contribution in [0.4, 0.5) is 10.1 Å². The van der Waals surface area contributed by atoms with Crippen molar-refractivity contribution < 1.29 is 18.7 Å². The minimum atomic E-state index is -0.282. The average Bonchev–Trinajstić information content (AvgIpc) is 2.96. The number of nitrogens with one attached hydrogen (secondary N) is 1. The Bertz CT molecular complexity index is 994. The number of hydrogen-bond donors (Lipinski definition) is 1. The summed E-state index contributed by atoms with van der Waals surface area (Å²) >= 11 is 0. The predicted molar refractivity (Wildman–Crippen MR) is 107 cm³/mol. The highest BCUT2D eigenvalue weighted by molar-refractivity contribution is 6.04. The van der Waals surface area contributed by atoms with E-state index in [1.54, 1.807) is 44.6 Å². The van der Waals surface area contributed by atoms with E-state index in [9.17, 15) is 9.18 Å². The van der Waals surface area contributed by atoms with Gasteiger partial charge in [0.1, 0.15) is 11.5 Å². The zero-order chi connectivity index (χ0) is 20.3. The second-order valence-corrected chi connectivity index (χ2v) is 6.55. The van der Waals surface area contributed by atoms with Gasteiger partial charge in [0, 0.05) is 24.0 Å². The number of carbonyl (C=O) groups excluding carboxylic acids is 1. The summed E-state index contributed by atoms with van der Waals surface area (Å²) in [7, 11) is 3.11. The van der Waals surface area contributed by atoms with E-state index in [1.807, 2.05) is 24.5 Å². The van der Waals surface area contributed by atoms with Gasteiger partial charge in [-0.3, -0.25) is 4.79 Å². The van der Waals surface area contributed by atoms with Gasteiger partial charge >= 0.3 is 0 Å². The van der Waals surface area contributed by atoms with Crippen LogP contribution >= 0.6 is 0 Å². The van der Waals surface area contributed by atoms with E-state index in [4.69, 9.17) is 9.47 Å². The van der Waals surface area contributed by atoms with E-state index >= 15 is 0 Å². The van der Waals surface area contributed by atoms with Gasteiger partial charge in [0.05, 0.1) is 14.2 Å². The number of nitrogens with zero attached hydrogens (tertiary/aromatic N) is 1. The average molecular weight is 382 g/mol. The molecule has 0 unspecified atom stereocenters. The van der Waals surface area contributed by atoms with Crippen molar-refractivity contribution in [3.8, 4) is 11.5 Å². The highest BCUT2D eigenvalue weighted by atomic mass is 19.1. The molecule has 0 atom stereocenters. The number of ether oxygens (including phenoxy) is 2. The summed E-state index contributed by atoms with van der Waals surface area (Å²) in [6.45, 7) is 4.33. The smallest absolute Gasteiger partial charge is 0.272 e. The maximum atomic E-state index is 13.2. The van der Waals surface area contributed by atoms with Gasteiger partial charge in [0.15, 0.2) is 11.5 Å². The number of amides is 1. The van der Waals surface area contributed by atoms with Crippen LogP contribution in [0.3, 0.4) is 0 Å². The number of aromatic nitrogens is 1. The standard InChI is InChI=1S/C22H23FN2O3/c1-14-11-15(2)25(13-16-5-7-17(23)8-6-16)21(14)22(26)24-18-9-10-19(27-3)20(12-18)28-4/h5-12H,13H2,1-4H3,(H,24,26). The fourth-order valence-corrected chi connectivity index (χ4v) is 3.23. The molecule has 1 heterocycles. The van der Waals surface area contributed by atoms with E-state index in [2.05, 4.69) is 5.32 Å². The SMILES string of the molecule is COc1ccc(NC(=O)c2c(C)cc(C)n2Cc2ccc(F)cc2)cc1OC. The highest BCUT2D eigenvalue weighted by Gasteiger charge is 2.18. The maximum Gasteiger partial charge on any atom is 0.272 e. The lowest BCUT2D eigenvalue weighted by molar-refractivity contribution is 0.101. The first-order chi connectivity index (χ1) is 13.4. The minimum Gasteiger partial charge on any atom is -0.493 e. The Morgan fingerprint density at radius 3 is 2.32 bits per heavy atom. The van der Waals surface area contributed by atoms with Crippen LogP contribution in [0.1, 0.15) is 27.3 Å². The molecule has 0 fully saturated rings. The zero-order valence-electron chi connectivity index (χ0n) is 16.4. The van der Waals surface area contributed by atoms with Crippen LogP contribution in [0.15, 0.2) is 48.5 Å². The molecule has 146 valence electrons. The molecule has 3 rings (SSSR count). The summed E-state index contributed by atoms with van der Waals surface area (Å²) in [5.74, 6) is 0.623. The van der Waals surface area contributed by atoms with Gasteiger partial charge < -0.3 is 19.4 Å². The summed E-state index contributed by atoms with van der Waals surface area (Å²) in [5.41, 5.74) is 3.92. The molecule has 5 nitrogen and oxygen atoms in total. The van der Waals surface area contributed by atoms with Crippen LogP contribution in [0, 0.1) is 19.7 Å². The molecule has 1 amide bonds. The van der Waals surface area contributed by atoms with Gasteiger partial charge in [-0.25, -0.2) is 4.39 Å². The van der Waals surface area contributed by atoms with Crippen molar-refractivity contribution in [3.63, 3.8) is 0 Å². The summed E-state index contributed by atoms with van der Waals surface area (Å²) in [6, 6.07) is 13.5. The van der Waals surface area contributed by atoms with Gasteiger partial charge in [-0.1, -0.05) is 12.1 Å². The first-order valence-corrected chi connectivity index (χ1v) is 8.87. The number of carbonyl (C=O) groups is 1. The minimum absolute atomic E-state index is 0.222. The molecule has 0 radical (unpaired) electrons. The summed E-state index contributed by atoms with van der Waals surface area (Å²) < 4.78 is 25.6. The Morgan fingerprint density at radius 2 is 1.68 bits per heavy atom. The predicted octanol–water partition coefficient (Wildman–Crippen LogP) is 4.56. The molecule has 0 bridgehead atoms. The first kappa shape index (κ1) is 19.5. The molecule has 0 spiro atoms. The first-order valence-electron chi connectivity index (χ1n) is 8.87. The molecule has 1 aromatic heterocycles. The molecule has 0 saturated heterocycles. The Labute approximate surface area is 163 Å². The van der Waals surface area contributed by atoms with E-state index < -0.39 is 0 Å². The fraction of sp³-hybridized carbons (Fsp3) is 0.227. The van der Waals surface area contributed by atoms with E-state index in [0.29, 0.717) is 29.4 Å². The monoisotopic (exact) mass is 382 g/mol. The third-order valence-electron chi connectivity index (χ3n) is 4.61. The molecule has 3 aromatic rings.